The Morgan fingerprint density at radius 2 is 1.81 bits per heavy atom. The van der Waals surface area contributed by atoms with Gasteiger partial charge in [0.2, 0.25) is 6.79 Å². The molecule has 162 valence electrons. The average molecular weight is 494 g/mol. The lowest BCUT2D eigenvalue weighted by atomic mass is 9.93. The SMILES string of the molecule is COc1ccc(C2=C(O)C(=O)N(Cc3ccc4c(c3)OCO4)[C@H]2c2ccccc2Br)cc1. The average Bonchev–Trinajstić information content (AvgIpc) is 3.37. The van der Waals surface area contributed by atoms with E-state index in [4.69, 9.17) is 14.2 Å². The van der Waals surface area contributed by atoms with E-state index in [1.165, 1.54) is 0 Å². The Kier molecular flexibility index (Phi) is 5.27. The molecule has 2 aliphatic heterocycles. The van der Waals surface area contributed by atoms with Crippen LogP contribution in [0, 0.1) is 0 Å². The zero-order valence-corrected chi connectivity index (χ0v) is 18.8. The van der Waals surface area contributed by atoms with Gasteiger partial charge in [-0.15, -0.1) is 0 Å². The molecule has 5 rings (SSSR count). The second-order valence-corrected chi connectivity index (χ2v) is 8.39. The van der Waals surface area contributed by atoms with E-state index in [0.717, 1.165) is 21.2 Å². The van der Waals surface area contributed by atoms with Crippen LogP contribution in [-0.4, -0.2) is 29.8 Å². The van der Waals surface area contributed by atoms with Crippen LogP contribution in [0.3, 0.4) is 0 Å². The molecule has 0 aliphatic carbocycles. The fourth-order valence-electron chi connectivity index (χ4n) is 4.14. The van der Waals surface area contributed by atoms with E-state index in [1.807, 2.05) is 66.7 Å². The summed E-state index contributed by atoms with van der Waals surface area (Å²) in [7, 11) is 1.60. The Balaban J connectivity index is 1.58. The van der Waals surface area contributed by atoms with Crippen molar-refractivity contribution in [2.24, 2.45) is 0 Å². The van der Waals surface area contributed by atoms with Crippen molar-refractivity contribution in [3.63, 3.8) is 0 Å². The Morgan fingerprint density at radius 1 is 1.06 bits per heavy atom. The first-order valence-electron chi connectivity index (χ1n) is 10.1. The number of benzene rings is 3. The molecule has 0 saturated heterocycles. The van der Waals surface area contributed by atoms with Gasteiger partial charge in [0.15, 0.2) is 17.3 Å². The number of methoxy groups -OCH3 is 1. The van der Waals surface area contributed by atoms with Gasteiger partial charge in [-0.05, 0) is 47.0 Å². The highest BCUT2D eigenvalue weighted by Gasteiger charge is 2.41. The summed E-state index contributed by atoms with van der Waals surface area (Å²) >= 11 is 3.62. The quantitative estimate of drug-likeness (QED) is 0.526. The summed E-state index contributed by atoms with van der Waals surface area (Å²) < 4.78 is 17.0. The number of hydrogen-bond acceptors (Lipinski definition) is 5. The molecular weight excluding hydrogens is 474 g/mol. The fraction of sp³-hybridized carbons (Fsp3) is 0.160. The second-order valence-electron chi connectivity index (χ2n) is 7.54. The standard InChI is InChI=1S/C25H20BrNO5/c1-30-17-9-7-16(8-10-17)22-23(18-4-2-3-5-19(18)26)27(25(29)24(22)28)13-15-6-11-20-21(12-15)32-14-31-20/h2-12,23,28H,13-14H2,1H3/t23-/m0/s1. The minimum Gasteiger partial charge on any atom is -0.503 e. The van der Waals surface area contributed by atoms with E-state index in [2.05, 4.69) is 15.9 Å². The predicted molar refractivity (Wildman–Crippen MR) is 123 cm³/mol. The van der Waals surface area contributed by atoms with Crippen molar-refractivity contribution in [1.29, 1.82) is 0 Å². The lowest BCUT2D eigenvalue weighted by molar-refractivity contribution is -0.130. The maximum Gasteiger partial charge on any atom is 0.290 e. The molecule has 32 heavy (non-hydrogen) atoms. The molecule has 0 bridgehead atoms. The minimum atomic E-state index is -0.475. The van der Waals surface area contributed by atoms with Gasteiger partial charge in [0.25, 0.3) is 5.91 Å². The van der Waals surface area contributed by atoms with Crippen molar-refractivity contribution in [2.45, 2.75) is 12.6 Å². The molecule has 0 fully saturated rings. The Hall–Kier alpha value is -3.45. The van der Waals surface area contributed by atoms with Gasteiger partial charge in [0.1, 0.15) is 5.75 Å². The summed E-state index contributed by atoms with van der Waals surface area (Å²) in [5.41, 5.74) is 3.08. The monoisotopic (exact) mass is 493 g/mol. The van der Waals surface area contributed by atoms with E-state index in [1.54, 1.807) is 12.0 Å². The molecule has 6 nitrogen and oxygen atoms in total. The molecule has 1 atom stereocenters. The van der Waals surface area contributed by atoms with Crippen LogP contribution in [0.25, 0.3) is 5.57 Å². The maximum atomic E-state index is 13.3. The zero-order chi connectivity index (χ0) is 22.2. The van der Waals surface area contributed by atoms with E-state index < -0.39 is 11.9 Å². The van der Waals surface area contributed by atoms with Gasteiger partial charge in [0.05, 0.1) is 13.2 Å². The molecule has 2 heterocycles. The molecule has 0 aromatic heterocycles. The zero-order valence-electron chi connectivity index (χ0n) is 17.2. The summed E-state index contributed by atoms with van der Waals surface area (Å²) in [6.07, 6.45) is 0. The molecule has 0 saturated carbocycles. The first-order chi connectivity index (χ1) is 15.6. The van der Waals surface area contributed by atoms with Crippen LogP contribution in [-0.2, 0) is 11.3 Å². The van der Waals surface area contributed by atoms with Crippen molar-refractivity contribution in [1.82, 2.24) is 4.90 Å². The van der Waals surface area contributed by atoms with Crippen LogP contribution in [0.2, 0.25) is 0 Å². The molecule has 0 unspecified atom stereocenters. The van der Waals surface area contributed by atoms with Gasteiger partial charge < -0.3 is 24.2 Å². The number of hydrogen-bond donors (Lipinski definition) is 1. The molecule has 7 heteroatoms. The third-order valence-electron chi connectivity index (χ3n) is 5.69. The highest BCUT2D eigenvalue weighted by Crippen LogP contribution is 2.46. The molecular formula is C25H20BrNO5. The summed E-state index contributed by atoms with van der Waals surface area (Å²) in [6.45, 7) is 0.482. The third kappa shape index (κ3) is 3.48. The van der Waals surface area contributed by atoms with Crippen molar-refractivity contribution in [3.05, 3.63) is 93.7 Å². The molecule has 2 aliphatic rings. The summed E-state index contributed by atoms with van der Waals surface area (Å²) in [4.78, 5) is 14.9. The van der Waals surface area contributed by atoms with Crippen LogP contribution >= 0.6 is 15.9 Å². The molecule has 1 amide bonds. The van der Waals surface area contributed by atoms with Gasteiger partial charge in [0, 0.05) is 16.6 Å². The summed E-state index contributed by atoms with van der Waals surface area (Å²) in [5.74, 6) is 1.36. The first kappa shape index (κ1) is 20.5. The Morgan fingerprint density at radius 3 is 2.56 bits per heavy atom. The molecule has 0 spiro atoms. The number of ether oxygens (including phenoxy) is 3. The number of aliphatic hydroxyl groups is 1. The number of rotatable bonds is 5. The molecule has 1 N–H and O–H groups in total. The van der Waals surface area contributed by atoms with Gasteiger partial charge in [-0.3, -0.25) is 4.79 Å². The van der Waals surface area contributed by atoms with Crippen LogP contribution < -0.4 is 14.2 Å². The smallest absolute Gasteiger partial charge is 0.290 e. The minimum absolute atomic E-state index is 0.185. The van der Waals surface area contributed by atoms with Crippen molar-refractivity contribution < 1.29 is 24.1 Å². The number of amides is 1. The van der Waals surface area contributed by atoms with Gasteiger partial charge in [-0.1, -0.05) is 52.3 Å². The molecule has 0 radical (unpaired) electrons. The highest BCUT2D eigenvalue weighted by atomic mass is 79.9. The van der Waals surface area contributed by atoms with Crippen LogP contribution in [0.15, 0.2) is 77.0 Å². The largest absolute Gasteiger partial charge is 0.503 e. The Labute approximate surface area is 193 Å². The van der Waals surface area contributed by atoms with Gasteiger partial charge in [-0.25, -0.2) is 0 Å². The van der Waals surface area contributed by atoms with E-state index in [9.17, 15) is 9.90 Å². The third-order valence-corrected chi connectivity index (χ3v) is 6.42. The number of halogens is 1. The van der Waals surface area contributed by atoms with Crippen LogP contribution in [0.1, 0.15) is 22.7 Å². The van der Waals surface area contributed by atoms with E-state index >= 15 is 0 Å². The lowest BCUT2D eigenvalue weighted by Gasteiger charge is -2.28. The number of nitrogens with zero attached hydrogens (tertiary/aromatic N) is 1. The van der Waals surface area contributed by atoms with Gasteiger partial charge in [-0.2, -0.15) is 0 Å². The van der Waals surface area contributed by atoms with Gasteiger partial charge >= 0.3 is 0 Å². The van der Waals surface area contributed by atoms with Crippen LogP contribution in [0.4, 0.5) is 0 Å². The van der Waals surface area contributed by atoms with Crippen molar-refractivity contribution in [3.8, 4) is 17.2 Å². The number of carbonyl (C=O) groups excluding carboxylic acids is 1. The topological polar surface area (TPSA) is 68.2 Å². The normalized spacial score (nSPS) is 17.2. The number of aliphatic hydroxyl groups excluding tert-OH is 1. The predicted octanol–water partition coefficient (Wildman–Crippen LogP) is 5.24. The number of carbonyl (C=O) groups is 1. The number of fused-ring (bicyclic) bond motifs is 1. The van der Waals surface area contributed by atoms with Crippen LogP contribution in [0.5, 0.6) is 17.2 Å². The molecule has 3 aromatic rings. The lowest BCUT2D eigenvalue weighted by Crippen LogP contribution is -2.30. The van der Waals surface area contributed by atoms with Crippen molar-refractivity contribution in [2.75, 3.05) is 13.9 Å². The summed E-state index contributed by atoms with van der Waals surface area (Å²) in [5, 5.41) is 11.0. The second kappa shape index (κ2) is 8.24. The fourth-order valence-corrected chi connectivity index (χ4v) is 4.64. The van der Waals surface area contributed by atoms with E-state index in [0.29, 0.717) is 29.4 Å². The van der Waals surface area contributed by atoms with Crippen molar-refractivity contribution >= 4 is 27.4 Å². The molecule has 3 aromatic carbocycles. The van der Waals surface area contributed by atoms with E-state index in [-0.39, 0.29) is 12.6 Å². The first-order valence-corrected chi connectivity index (χ1v) is 10.9. The highest BCUT2D eigenvalue weighted by molar-refractivity contribution is 9.10. The summed E-state index contributed by atoms with van der Waals surface area (Å²) in [6, 6.07) is 20.2. The maximum absolute atomic E-state index is 13.3. The Bertz CT molecular complexity index is 1220.